The Labute approximate surface area is 179 Å². The van der Waals surface area contributed by atoms with Crippen molar-refractivity contribution in [2.75, 3.05) is 45.8 Å². The highest BCUT2D eigenvalue weighted by atomic mass is 35.5. The Kier molecular flexibility index (Phi) is 7.02. The van der Waals surface area contributed by atoms with Crippen LogP contribution in [0.2, 0.25) is 10.0 Å². The lowest BCUT2D eigenvalue weighted by atomic mass is 10.1. The molecule has 10 heteroatoms. The second-order valence-corrected chi connectivity index (χ2v) is 7.45. The summed E-state index contributed by atoms with van der Waals surface area (Å²) in [5, 5.41) is 10.1. The lowest BCUT2D eigenvalue weighted by Crippen LogP contribution is -2.47. The predicted molar refractivity (Wildman–Crippen MR) is 111 cm³/mol. The number of likely N-dealkylation sites (N-methyl/N-ethyl adjacent to an activating group) is 1. The number of nitrogens with one attached hydrogen (secondary N) is 1. The fourth-order valence-electron chi connectivity index (χ4n) is 3.10. The minimum Gasteiger partial charge on any atom is -0.403 e. The number of carbonyl (C=O) groups is 1. The van der Waals surface area contributed by atoms with Gasteiger partial charge < -0.3 is 14.5 Å². The van der Waals surface area contributed by atoms with Crippen molar-refractivity contribution in [1.29, 1.82) is 0 Å². The average Bonchev–Trinajstić information content (AvgIpc) is 2.72. The molecule has 1 fully saturated rings. The Morgan fingerprint density at radius 2 is 1.90 bits per heavy atom. The Hall–Kier alpha value is -2.26. The van der Waals surface area contributed by atoms with Gasteiger partial charge in [0.25, 0.3) is 11.4 Å². The third-order valence-corrected chi connectivity index (χ3v) is 5.47. The number of ether oxygens (including phenoxy) is 1. The molecule has 29 heavy (non-hydrogen) atoms. The van der Waals surface area contributed by atoms with E-state index in [1.54, 1.807) is 17.0 Å². The predicted octanol–water partition coefficient (Wildman–Crippen LogP) is 3.67. The fraction of sp³-hybridized carbons (Fsp3) is 0.368. The zero-order valence-corrected chi connectivity index (χ0v) is 17.7. The van der Waals surface area contributed by atoms with E-state index in [1.807, 2.05) is 19.2 Å². The van der Waals surface area contributed by atoms with Crippen LogP contribution in [0.15, 0.2) is 36.1 Å². The molecule has 1 aliphatic carbocycles. The third kappa shape index (κ3) is 4.84. The number of nitrogens with zero attached hydrogens (tertiary/aromatic N) is 3. The maximum Gasteiger partial charge on any atom is 0.415 e. The van der Waals surface area contributed by atoms with E-state index in [-0.39, 0.29) is 15.7 Å². The zero-order chi connectivity index (χ0) is 21.0. The minimum atomic E-state index is -0.414. The van der Waals surface area contributed by atoms with Gasteiger partial charge in [-0.3, -0.25) is 15.5 Å². The number of hydrogen-bond acceptors (Lipinski definition) is 6. The summed E-state index contributed by atoms with van der Waals surface area (Å²) in [6.45, 7) is 2.80. The molecule has 0 atom stereocenters. The van der Waals surface area contributed by atoms with Gasteiger partial charge in [-0.25, -0.2) is 4.79 Å². The first-order valence-corrected chi connectivity index (χ1v) is 9.82. The van der Waals surface area contributed by atoms with Gasteiger partial charge in [0.2, 0.25) is 5.76 Å². The van der Waals surface area contributed by atoms with Crippen molar-refractivity contribution in [2.45, 2.75) is 6.42 Å². The van der Waals surface area contributed by atoms with E-state index in [4.69, 9.17) is 32.8 Å². The first kappa shape index (κ1) is 21.4. The lowest BCUT2D eigenvalue weighted by molar-refractivity contribution is -0.720. The number of piperazine rings is 1. The smallest absolute Gasteiger partial charge is 0.403 e. The maximum atomic E-state index is 12.6. The number of anilines is 1. The summed E-state index contributed by atoms with van der Waals surface area (Å²) in [4.78, 5) is 22.0. The summed E-state index contributed by atoms with van der Waals surface area (Å²) in [5.74, 6) is 0.355. The molecule has 1 aliphatic heterocycles. The summed E-state index contributed by atoms with van der Waals surface area (Å²) >= 11 is 12.2. The van der Waals surface area contributed by atoms with E-state index in [1.165, 1.54) is 17.9 Å². The van der Waals surface area contributed by atoms with Crippen molar-refractivity contribution in [1.82, 2.24) is 9.80 Å². The molecule has 0 spiro atoms. The molecular formula is C19H23Cl2N4O4+. The molecule has 1 saturated heterocycles. The Bertz CT molecular complexity index is 877. The van der Waals surface area contributed by atoms with Crippen LogP contribution in [0.25, 0.3) is 0 Å². The monoisotopic (exact) mass is 441 g/mol. The van der Waals surface area contributed by atoms with Gasteiger partial charge in [0.15, 0.2) is 0 Å². The zero-order valence-electron chi connectivity index (χ0n) is 16.2. The van der Waals surface area contributed by atoms with E-state index in [2.05, 4.69) is 10.4 Å². The van der Waals surface area contributed by atoms with Crippen molar-refractivity contribution in [2.24, 2.45) is 0 Å². The van der Waals surface area contributed by atoms with E-state index in [0.29, 0.717) is 36.7 Å². The number of amides is 1. The summed E-state index contributed by atoms with van der Waals surface area (Å²) in [6, 6.07) is 3.03. The number of halogens is 2. The molecule has 2 aliphatic rings. The molecule has 0 saturated carbocycles. The highest BCUT2D eigenvalue weighted by Crippen LogP contribution is 2.35. The van der Waals surface area contributed by atoms with Gasteiger partial charge in [0, 0.05) is 37.0 Å². The van der Waals surface area contributed by atoms with Gasteiger partial charge >= 0.3 is 6.09 Å². The number of rotatable bonds is 4. The van der Waals surface area contributed by atoms with Crippen molar-refractivity contribution >= 4 is 46.4 Å². The Morgan fingerprint density at radius 1 is 1.21 bits per heavy atom. The fourth-order valence-corrected chi connectivity index (χ4v) is 3.42. The van der Waals surface area contributed by atoms with Gasteiger partial charge in [-0.2, -0.15) is 0 Å². The molecule has 1 heterocycles. The SMILES string of the molecule is CO/[N+](=C1/CC=CC=C1OC(=O)N1CCN(C)CC1)c1cc(Cl)c(Cl)cc1NO. The van der Waals surface area contributed by atoms with Crippen molar-refractivity contribution in [3.63, 3.8) is 0 Å². The summed E-state index contributed by atoms with van der Waals surface area (Å²) in [7, 11) is 3.48. The molecule has 0 aromatic heterocycles. The number of carbonyl (C=O) groups excluding carboxylic acids is 1. The quantitative estimate of drug-likeness (QED) is 0.548. The summed E-state index contributed by atoms with van der Waals surface area (Å²) in [5.41, 5.74) is 3.37. The van der Waals surface area contributed by atoms with E-state index in [0.717, 1.165) is 13.1 Å². The second-order valence-electron chi connectivity index (χ2n) is 6.64. The minimum absolute atomic E-state index is 0.272. The molecular weight excluding hydrogens is 419 g/mol. The third-order valence-electron chi connectivity index (χ3n) is 4.74. The topological polar surface area (TPSA) is 77.3 Å². The van der Waals surface area contributed by atoms with Crippen LogP contribution in [-0.2, 0) is 9.57 Å². The van der Waals surface area contributed by atoms with Gasteiger partial charge in [-0.1, -0.05) is 35.4 Å². The van der Waals surface area contributed by atoms with Crippen LogP contribution in [0.5, 0.6) is 0 Å². The van der Waals surface area contributed by atoms with Crippen LogP contribution in [-0.4, -0.2) is 71.9 Å². The van der Waals surface area contributed by atoms with Crippen LogP contribution in [0, 0.1) is 0 Å². The normalized spacial score (nSPS) is 18.9. The number of allylic oxidation sites excluding steroid dienone is 4. The van der Waals surface area contributed by atoms with Gasteiger partial charge in [-0.05, 0) is 19.2 Å². The number of hydrogen-bond donors (Lipinski definition) is 2. The van der Waals surface area contributed by atoms with Crippen LogP contribution in [0.1, 0.15) is 6.42 Å². The molecule has 1 aromatic carbocycles. The first-order chi connectivity index (χ1) is 13.9. The highest BCUT2D eigenvalue weighted by molar-refractivity contribution is 6.42. The molecule has 1 aromatic rings. The Morgan fingerprint density at radius 3 is 2.55 bits per heavy atom. The van der Waals surface area contributed by atoms with E-state index < -0.39 is 6.09 Å². The standard InChI is InChI=1S/C19H23Cl2N4O4/c1-23-7-9-24(10-8-23)19(26)29-18-6-4-3-5-16(18)25(28-2)17-12-14(21)13(20)11-15(17)22-27/h3-4,6,11-12,22,27H,5,7-10H2,1-2H3/q+1/b25-16-. The molecule has 2 N–H and O–H groups in total. The van der Waals surface area contributed by atoms with Crippen LogP contribution < -0.4 is 5.48 Å². The lowest BCUT2D eigenvalue weighted by Gasteiger charge is -2.31. The molecule has 156 valence electrons. The molecule has 3 rings (SSSR count). The molecule has 1 amide bonds. The Balaban J connectivity index is 1.93. The summed E-state index contributed by atoms with van der Waals surface area (Å²) in [6.07, 6.45) is 5.44. The van der Waals surface area contributed by atoms with Crippen LogP contribution in [0.4, 0.5) is 16.2 Å². The molecule has 0 bridgehead atoms. The van der Waals surface area contributed by atoms with Crippen LogP contribution in [0.3, 0.4) is 0 Å². The average molecular weight is 442 g/mol. The molecule has 0 unspecified atom stereocenters. The highest BCUT2D eigenvalue weighted by Gasteiger charge is 2.32. The second kappa shape index (κ2) is 9.49. The van der Waals surface area contributed by atoms with Gasteiger partial charge in [-0.15, -0.1) is 0 Å². The molecule has 0 radical (unpaired) electrons. The van der Waals surface area contributed by atoms with Gasteiger partial charge in [0.1, 0.15) is 12.8 Å². The molecule has 8 nitrogen and oxygen atoms in total. The van der Waals surface area contributed by atoms with Crippen molar-refractivity contribution in [3.05, 3.63) is 46.2 Å². The number of benzene rings is 1. The van der Waals surface area contributed by atoms with E-state index in [9.17, 15) is 10.0 Å². The largest absolute Gasteiger partial charge is 0.415 e. The van der Waals surface area contributed by atoms with E-state index >= 15 is 0 Å². The van der Waals surface area contributed by atoms with Gasteiger partial charge in [0.05, 0.1) is 16.5 Å². The van der Waals surface area contributed by atoms with Crippen molar-refractivity contribution < 1.29 is 24.3 Å². The maximum absolute atomic E-state index is 12.6. The first-order valence-electron chi connectivity index (χ1n) is 9.06. The summed E-state index contributed by atoms with van der Waals surface area (Å²) < 4.78 is 7.13. The van der Waals surface area contributed by atoms with Crippen molar-refractivity contribution in [3.8, 4) is 0 Å². The van der Waals surface area contributed by atoms with Crippen LogP contribution >= 0.6 is 23.2 Å².